The third-order valence-corrected chi connectivity index (χ3v) is 7.02. The standard InChI is InChI=1S/C35H37FN4O4/c1-2-44-30-17-15-24(16-18-30)20-32(39-33(41)28-8-4-3-5-9-28)35(43)40-31(21-27-7-6-10-29(36)19-27)34(42)38-23-26-13-11-25(22-37)12-14-26/h3-19,31-32H,2,20-23,37H2,1H3,(H,38,42)(H,39,41)(H,40,43)/t31-,32+/m0/s1. The van der Waals surface area contributed by atoms with Crippen molar-refractivity contribution in [1.82, 2.24) is 16.0 Å². The Labute approximate surface area is 256 Å². The van der Waals surface area contributed by atoms with E-state index in [1.165, 1.54) is 12.1 Å². The molecule has 0 unspecified atom stereocenters. The minimum Gasteiger partial charge on any atom is -0.494 e. The zero-order valence-electron chi connectivity index (χ0n) is 24.6. The van der Waals surface area contributed by atoms with Crippen LogP contribution in [0.5, 0.6) is 5.75 Å². The Morgan fingerprint density at radius 3 is 2.02 bits per heavy atom. The molecule has 0 heterocycles. The molecule has 44 heavy (non-hydrogen) atoms. The minimum atomic E-state index is -1.04. The van der Waals surface area contributed by atoms with Crippen LogP contribution >= 0.6 is 0 Å². The Kier molecular flexibility index (Phi) is 11.6. The lowest BCUT2D eigenvalue weighted by molar-refractivity contribution is -0.130. The highest BCUT2D eigenvalue weighted by atomic mass is 19.1. The molecule has 228 valence electrons. The fourth-order valence-corrected chi connectivity index (χ4v) is 4.65. The second-order valence-electron chi connectivity index (χ2n) is 10.3. The third-order valence-electron chi connectivity index (χ3n) is 7.02. The zero-order chi connectivity index (χ0) is 31.3. The lowest BCUT2D eigenvalue weighted by Gasteiger charge is -2.24. The summed E-state index contributed by atoms with van der Waals surface area (Å²) in [5.41, 5.74) is 9.22. The zero-order valence-corrected chi connectivity index (χ0v) is 24.6. The van der Waals surface area contributed by atoms with Crippen LogP contribution in [0, 0.1) is 5.82 Å². The van der Waals surface area contributed by atoms with E-state index in [4.69, 9.17) is 10.5 Å². The fraction of sp³-hybridized carbons (Fsp3) is 0.229. The molecule has 0 fully saturated rings. The van der Waals surface area contributed by atoms with Crippen LogP contribution in [0.1, 0.15) is 39.5 Å². The van der Waals surface area contributed by atoms with Gasteiger partial charge in [0.15, 0.2) is 0 Å². The minimum absolute atomic E-state index is 0.0455. The first-order chi connectivity index (χ1) is 21.3. The number of benzene rings is 4. The van der Waals surface area contributed by atoms with Gasteiger partial charge in [0.2, 0.25) is 11.8 Å². The molecular weight excluding hydrogens is 559 g/mol. The molecule has 2 atom stereocenters. The first-order valence-corrected chi connectivity index (χ1v) is 14.5. The first kappa shape index (κ1) is 31.9. The van der Waals surface area contributed by atoms with Crippen molar-refractivity contribution in [2.75, 3.05) is 6.61 Å². The molecule has 0 bridgehead atoms. The quantitative estimate of drug-likeness (QED) is 0.175. The Morgan fingerprint density at radius 2 is 1.36 bits per heavy atom. The predicted octanol–water partition coefficient (Wildman–Crippen LogP) is 4.07. The molecular formula is C35H37FN4O4. The SMILES string of the molecule is CCOc1ccc(C[C@@H](NC(=O)c2ccccc2)C(=O)N[C@@H](Cc2cccc(F)c2)C(=O)NCc2ccc(CN)cc2)cc1. The summed E-state index contributed by atoms with van der Waals surface area (Å²) in [6, 6.07) is 27.2. The van der Waals surface area contributed by atoms with Gasteiger partial charge in [-0.05, 0) is 65.6 Å². The number of amides is 3. The summed E-state index contributed by atoms with van der Waals surface area (Å²) in [4.78, 5) is 40.3. The largest absolute Gasteiger partial charge is 0.494 e. The Bertz CT molecular complexity index is 1530. The van der Waals surface area contributed by atoms with Crippen molar-refractivity contribution in [3.05, 3.63) is 137 Å². The second kappa shape index (κ2) is 16.0. The predicted molar refractivity (Wildman–Crippen MR) is 167 cm³/mol. The number of halogens is 1. The highest BCUT2D eigenvalue weighted by molar-refractivity contribution is 5.98. The topological polar surface area (TPSA) is 123 Å². The summed E-state index contributed by atoms with van der Waals surface area (Å²) in [6.07, 6.45) is 0.211. The molecule has 4 aromatic rings. The molecule has 4 rings (SSSR count). The second-order valence-corrected chi connectivity index (χ2v) is 10.3. The maximum absolute atomic E-state index is 14.0. The van der Waals surface area contributed by atoms with E-state index in [0.717, 1.165) is 16.7 Å². The molecule has 5 N–H and O–H groups in total. The molecule has 0 saturated carbocycles. The first-order valence-electron chi connectivity index (χ1n) is 14.5. The molecule has 0 spiro atoms. The van der Waals surface area contributed by atoms with Gasteiger partial charge in [-0.15, -0.1) is 0 Å². The number of ether oxygens (including phenoxy) is 1. The van der Waals surface area contributed by atoms with Gasteiger partial charge in [0, 0.05) is 31.5 Å². The van der Waals surface area contributed by atoms with Crippen molar-refractivity contribution in [3.63, 3.8) is 0 Å². The lowest BCUT2D eigenvalue weighted by Crippen LogP contribution is -2.55. The summed E-state index contributed by atoms with van der Waals surface area (Å²) in [7, 11) is 0. The van der Waals surface area contributed by atoms with Crippen molar-refractivity contribution in [2.45, 2.75) is 44.9 Å². The Balaban J connectivity index is 1.54. The van der Waals surface area contributed by atoms with Crippen LogP contribution in [-0.4, -0.2) is 36.4 Å². The summed E-state index contributed by atoms with van der Waals surface area (Å²) >= 11 is 0. The third kappa shape index (κ3) is 9.50. The number of nitrogens with two attached hydrogens (primary N) is 1. The number of rotatable bonds is 14. The van der Waals surface area contributed by atoms with Gasteiger partial charge in [-0.2, -0.15) is 0 Å². The molecule has 0 aromatic heterocycles. The summed E-state index contributed by atoms with van der Waals surface area (Å²) in [5, 5.41) is 8.51. The maximum atomic E-state index is 14.0. The normalized spacial score (nSPS) is 12.1. The van der Waals surface area contributed by atoms with Crippen LogP contribution in [0.2, 0.25) is 0 Å². The van der Waals surface area contributed by atoms with Gasteiger partial charge in [0.25, 0.3) is 5.91 Å². The smallest absolute Gasteiger partial charge is 0.251 e. The number of carbonyl (C=O) groups excluding carboxylic acids is 3. The van der Waals surface area contributed by atoms with Crippen LogP contribution in [0.15, 0.2) is 103 Å². The van der Waals surface area contributed by atoms with Crippen molar-refractivity contribution in [3.8, 4) is 5.75 Å². The van der Waals surface area contributed by atoms with Gasteiger partial charge >= 0.3 is 0 Å². The van der Waals surface area contributed by atoms with Gasteiger partial charge in [-0.3, -0.25) is 14.4 Å². The maximum Gasteiger partial charge on any atom is 0.251 e. The summed E-state index contributed by atoms with van der Waals surface area (Å²) in [5.74, 6) is -1.18. The van der Waals surface area contributed by atoms with E-state index < -0.39 is 35.6 Å². The van der Waals surface area contributed by atoms with Crippen molar-refractivity contribution in [2.24, 2.45) is 5.73 Å². The van der Waals surface area contributed by atoms with Crippen molar-refractivity contribution >= 4 is 17.7 Å². The van der Waals surface area contributed by atoms with Crippen molar-refractivity contribution < 1.29 is 23.5 Å². The van der Waals surface area contributed by atoms with E-state index in [1.807, 2.05) is 43.3 Å². The van der Waals surface area contributed by atoms with E-state index in [0.29, 0.717) is 30.0 Å². The van der Waals surface area contributed by atoms with Gasteiger partial charge in [-0.25, -0.2) is 4.39 Å². The summed E-state index contributed by atoms with van der Waals surface area (Å²) in [6.45, 7) is 3.04. The molecule has 0 aliphatic heterocycles. The van der Waals surface area contributed by atoms with Gasteiger partial charge in [0.1, 0.15) is 23.7 Å². The number of hydrogen-bond donors (Lipinski definition) is 4. The molecule has 3 amide bonds. The van der Waals surface area contributed by atoms with Crippen molar-refractivity contribution in [1.29, 1.82) is 0 Å². The number of carbonyl (C=O) groups is 3. The van der Waals surface area contributed by atoms with Gasteiger partial charge < -0.3 is 26.4 Å². The number of hydrogen-bond acceptors (Lipinski definition) is 5. The number of nitrogens with one attached hydrogen (secondary N) is 3. The average molecular weight is 597 g/mol. The van der Waals surface area contributed by atoms with E-state index in [2.05, 4.69) is 16.0 Å². The average Bonchev–Trinajstić information content (AvgIpc) is 3.04. The molecule has 0 radical (unpaired) electrons. The molecule has 4 aromatic carbocycles. The van der Waals surface area contributed by atoms with E-state index in [1.54, 1.807) is 54.6 Å². The van der Waals surface area contributed by atoms with Gasteiger partial charge in [0.05, 0.1) is 6.61 Å². The fourth-order valence-electron chi connectivity index (χ4n) is 4.65. The molecule has 9 heteroatoms. The van der Waals surface area contributed by atoms with Crippen LogP contribution < -0.4 is 26.4 Å². The van der Waals surface area contributed by atoms with Crippen LogP contribution in [-0.2, 0) is 35.5 Å². The monoisotopic (exact) mass is 596 g/mol. The molecule has 8 nitrogen and oxygen atoms in total. The lowest BCUT2D eigenvalue weighted by atomic mass is 10.0. The van der Waals surface area contributed by atoms with E-state index in [-0.39, 0.29) is 19.4 Å². The van der Waals surface area contributed by atoms with Gasteiger partial charge in [-0.1, -0.05) is 66.7 Å². The van der Waals surface area contributed by atoms with E-state index >= 15 is 0 Å². The van der Waals surface area contributed by atoms with Crippen LogP contribution in [0.4, 0.5) is 4.39 Å². The molecule has 0 aliphatic carbocycles. The highest BCUT2D eigenvalue weighted by Gasteiger charge is 2.28. The Morgan fingerprint density at radius 1 is 0.727 bits per heavy atom. The summed E-state index contributed by atoms with van der Waals surface area (Å²) < 4.78 is 19.5. The highest BCUT2D eigenvalue weighted by Crippen LogP contribution is 2.15. The van der Waals surface area contributed by atoms with E-state index in [9.17, 15) is 18.8 Å². The van der Waals surface area contributed by atoms with Crippen LogP contribution in [0.25, 0.3) is 0 Å². The van der Waals surface area contributed by atoms with Crippen LogP contribution in [0.3, 0.4) is 0 Å². The Hall–Kier alpha value is -5.02. The molecule has 0 aliphatic rings. The molecule has 0 saturated heterocycles.